The monoisotopic (exact) mass is 401 g/mol. The van der Waals surface area contributed by atoms with Gasteiger partial charge in [0, 0.05) is 6.54 Å². The molecule has 1 aromatic rings. The zero-order valence-electron chi connectivity index (χ0n) is 11.0. The number of nitrogens with one attached hydrogen (secondary N) is 1. The van der Waals surface area contributed by atoms with E-state index >= 15 is 0 Å². The van der Waals surface area contributed by atoms with Crippen LogP contribution in [0.25, 0.3) is 0 Å². The summed E-state index contributed by atoms with van der Waals surface area (Å²) in [7, 11) is -3.62. The number of halogens is 2. The molecule has 20 heavy (non-hydrogen) atoms. The van der Waals surface area contributed by atoms with Gasteiger partial charge < -0.3 is 5.11 Å². The smallest absolute Gasteiger partial charge is 0.250 e. The summed E-state index contributed by atoms with van der Waals surface area (Å²) in [5.74, 6) is 0.420. The molecule has 8 heteroatoms. The molecule has 4 nitrogen and oxygen atoms in total. The Bertz CT molecular complexity index is 570. The Morgan fingerprint density at radius 1 is 1.65 bits per heavy atom. The Labute approximate surface area is 136 Å². The lowest BCUT2D eigenvalue weighted by molar-refractivity contribution is -0.00750. The summed E-state index contributed by atoms with van der Waals surface area (Å²) in [5.41, 5.74) is -0.941. The molecule has 0 saturated heterocycles. The van der Waals surface area contributed by atoms with E-state index < -0.39 is 15.6 Å². The molecule has 0 aromatic carbocycles. The number of hydrogen-bond acceptors (Lipinski definition) is 4. The van der Waals surface area contributed by atoms with Crippen molar-refractivity contribution in [2.24, 2.45) is 5.92 Å². The molecular weight excluding hydrogens is 386 g/mol. The van der Waals surface area contributed by atoms with Crippen molar-refractivity contribution in [3.05, 3.63) is 14.9 Å². The molecule has 2 N–H and O–H groups in total. The standard InChI is InChI=1S/C12H17BrClNO3S2/c1-8-3-2-4-12(16,6-8)7-15-20(17,18)10-5-9(14)11(13)19-10/h5,8,15-16H,2-4,6-7H2,1H3. The molecule has 2 unspecified atom stereocenters. The normalized spacial score (nSPS) is 27.7. The Morgan fingerprint density at radius 3 is 2.90 bits per heavy atom. The van der Waals surface area contributed by atoms with Gasteiger partial charge in [0.25, 0.3) is 0 Å². The Balaban J connectivity index is 2.05. The van der Waals surface area contributed by atoms with Crippen molar-refractivity contribution >= 4 is 48.9 Å². The Morgan fingerprint density at radius 2 is 2.35 bits per heavy atom. The zero-order valence-corrected chi connectivity index (χ0v) is 15.0. The molecule has 0 amide bonds. The summed E-state index contributed by atoms with van der Waals surface area (Å²) < 4.78 is 27.6. The van der Waals surface area contributed by atoms with Crippen LogP contribution in [0.15, 0.2) is 14.1 Å². The summed E-state index contributed by atoms with van der Waals surface area (Å²) in [6.07, 6.45) is 3.28. The van der Waals surface area contributed by atoms with Crippen molar-refractivity contribution in [1.29, 1.82) is 0 Å². The highest BCUT2D eigenvalue weighted by atomic mass is 79.9. The van der Waals surface area contributed by atoms with Crippen LogP contribution in [0.5, 0.6) is 0 Å². The second kappa shape index (κ2) is 6.22. The van der Waals surface area contributed by atoms with E-state index in [1.165, 1.54) is 6.07 Å². The number of aliphatic hydroxyl groups is 1. The van der Waals surface area contributed by atoms with Gasteiger partial charge in [0.15, 0.2) is 0 Å². The average Bonchev–Trinajstić information content (AvgIpc) is 2.68. The molecular formula is C12H17BrClNO3S2. The van der Waals surface area contributed by atoms with Gasteiger partial charge in [-0.2, -0.15) is 0 Å². The first-order valence-electron chi connectivity index (χ1n) is 6.39. The molecule has 1 heterocycles. The minimum absolute atomic E-state index is 0.0484. The van der Waals surface area contributed by atoms with Crippen LogP contribution >= 0.6 is 38.9 Å². The van der Waals surface area contributed by atoms with Gasteiger partial charge in [0.05, 0.1) is 14.4 Å². The number of sulfonamides is 1. The first-order valence-corrected chi connectivity index (χ1v) is 9.86. The third kappa shape index (κ3) is 3.96. The van der Waals surface area contributed by atoms with Crippen LogP contribution in [-0.2, 0) is 10.0 Å². The van der Waals surface area contributed by atoms with E-state index in [1.54, 1.807) is 0 Å². The van der Waals surface area contributed by atoms with E-state index in [0.717, 1.165) is 24.2 Å². The topological polar surface area (TPSA) is 66.4 Å². The fraction of sp³-hybridized carbons (Fsp3) is 0.667. The molecule has 1 aliphatic carbocycles. The van der Waals surface area contributed by atoms with E-state index in [-0.39, 0.29) is 10.8 Å². The van der Waals surface area contributed by atoms with Crippen molar-refractivity contribution in [3.8, 4) is 0 Å². The molecule has 1 saturated carbocycles. The van der Waals surface area contributed by atoms with Crippen molar-refractivity contribution < 1.29 is 13.5 Å². The van der Waals surface area contributed by atoms with Gasteiger partial charge in [-0.05, 0) is 40.8 Å². The Kier molecular flexibility index (Phi) is 5.20. The van der Waals surface area contributed by atoms with Crippen molar-refractivity contribution in [2.45, 2.75) is 42.4 Å². The van der Waals surface area contributed by atoms with Gasteiger partial charge in [-0.15, -0.1) is 11.3 Å². The Hall–Kier alpha value is 0.340. The largest absolute Gasteiger partial charge is 0.389 e. The molecule has 0 aliphatic heterocycles. The third-order valence-electron chi connectivity index (χ3n) is 3.55. The minimum atomic E-state index is -3.62. The molecule has 114 valence electrons. The van der Waals surface area contributed by atoms with Gasteiger partial charge in [0.1, 0.15) is 4.21 Å². The maximum atomic E-state index is 12.2. The first kappa shape index (κ1) is 16.7. The van der Waals surface area contributed by atoms with E-state index in [9.17, 15) is 13.5 Å². The molecule has 1 fully saturated rings. The van der Waals surface area contributed by atoms with Crippen LogP contribution in [-0.4, -0.2) is 25.7 Å². The quantitative estimate of drug-likeness (QED) is 0.811. The van der Waals surface area contributed by atoms with E-state index in [0.29, 0.717) is 27.6 Å². The van der Waals surface area contributed by atoms with Gasteiger partial charge in [-0.1, -0.05) is 31.4 Å². The van der Waals surface area contributed by atoms with E-state index in [2.05, 4.69) is 27.6 Å². The molecule has 1 aromatic heterocycles. The number of thiophene rings is 1. The predicted octanol–water partition coefficient (Wildman–Crippen LogP) is 3.38. The summed E-state index contributed by atoms with van der Waals surface area (Å²) in [4.78, 5) is 0. The lowest BCUT2D eigenvalue weighted by atomic mass is 9.79. The van der Waals surface area contributed by atoms with Crippen LogP contribution < -0.4 is 4.72 Å². The number of hydrogen-bond donors (Lipinski definition) is 2. The molecule has 1 aliphatic rings. The van der Waals surface area contributed by atoms with Gasteiger partial charge in [-0.25, -0.2) is 13.1 Å². The fourth-order valence-corrected chi connectivity index (χ4v) is 6.12. The minimum Gasteiger partial charge on any atom is -0.389 e. The summed E-state index contributed by atoms with van der Waals surface area (Å²) >= 11 is 10.1. The van der Waals surface area contributed by atoms with Gasteiger partial charge in [0.2, 0.25) is 10.0 Å². The zero-order chi connectivity index (χ0) is 15.0. The number of rotatable bonds is 4. The molecule has 0 bridgehead atoms. The van der Waals surface area contributed by atoms with Crippen LogP contribution in [0.4, 0.5) is 0 Å². The maximum absolute atomic E-state index is 12.2. The summed E-state index contributed by atoms with van der Waals surface area (Å²) in [6, 6.07) is 1.41. The second-order valence-corrected chi connectivity index (χ2v) is 10.2. The van der Waals surface area contributed by atoms with E-state index in [1.807, 2.05) is 0 Å². The third-order valence-corrected chi connectivity index (χ3v) is 7.90. The van der Waals surface area contributed by atoms with E-state index in [4.69, 9.17) is 11.6 Å². The van der Waals surface area contributed by atoms with Crippen LogP contribution in [0.2, 0.25) is 5.02 Å². The van der Waals surface area contributed by atoms with Crippen molar-refractivity contribution in [2.75, 3.05) is 6.54 Å². The molecule has 2 rings (SSSR count). The average molecular weight is 403 g/mol. The predicted molar refractivity (Wildman–Crippen MR) is 84.8 cm³/mol. The second-order valence-electron chi connectivity index (χ2n) is 5.44. The highest BCUT2D eigenvalue weighted by molar-refractivity contribution is 9.11. The van der Waals surface area contributed by atoms with Crippen molar-refractivity contribution in [3.63, 3.8) is 0 Å². The summed E-state index contributed by atoms with van der Waals surface area (Å²) in [5, 5.41) is 10.8. The van der Waals surface area contributed by atoms with Gasteiger partial charge >= 0.3 is 0 Å². The highest BCUT2D eigenvalue weighted by Crippen LogP contribution is 2.35. The highest BCUT2D eigenvalue weighted by Gasteiger charge is 2.34. The lowest BCUT2D eigenvalue weighted by Crippen LogP contribution is -2.45. The summed E-state index contributed by atoms with van der Waals surface area (Å²) in [6.45, 7) is 2.13. The van der Waals surface area contributed by atoms with Gasteiger partial charge in [-0.3, -0.25) is 0 Å². The lowest BCUT2D eigenvalue weighted by Gasteiger charge is -2.35. The first-order chi connectivity index (χ1) is 9.22. The van der Waals surface area contributed by atoms with Crippen LogP contribution in [0.3, 0.4) is 0 Å². The molecule has 0 spiro atoms. The SMILES string of the molecule is CC1CCCC(O)(CNS(=O)(=O)c2cc(Cl)c(Br)s2)C1. The van der Waals surface area contributed by atoms with Crippen LogP contribution in [0.1, 0.15) is 32.6 Å². The van der Waals surface area contributed by atoms with Crippen molar-refractivity contribution in [1.82, 2.24) is 4.72 Å². The van der Waals surface area contributed by atoms with Crippen LogP contribution in [0, 0.1) is 5.92 Å². The molecule has 0 radical (unpaired) electrons. The molecule has 2 atom stereocenters. The maximum Gasteiger partial charge on any atom is 0.250 e. The fourth-order valence-electron chi connectivity index (χ4n) is 2.55.